The van der Waals surface area contributed by atoms with Gasteiger partial charge in [-0.05, 0) is 26.2 Å². The smallest absolute Gasteiger partial charge is 0.329 e. The first-order valence-corrected chi connectivity index (χ1v) is 7.83. The predicted octanol–water partition coefficient (Wildman–Crippen LogP) is 0.584. The zero-order valence-electron chi connectivity index (χ0n) is 13.0. The molecule has 0 aromatic carbocycles. The summed E-state index contributed by atoms with van der Waals surface area (Å²) in [6.45, 7) is 2.25. The van der Waals surface area contributed by atoms with Gasteiger partial charge in [0.25, 0.3) is 5.91 Å². The van der Waals surface area contributed by atoms with Gasteiger partial charge in [-0.3, -0.25) is 9.89 Å². The SMILES string of the molecule is Cc1[nH]nc(C2CC2)c1C(=O)N[C@@H]1COCC[C@@H]1OCC(=O)O. The molecule has 0 bridgehead atoms. The molecular formula is C15H21N3O5. The normalized spacial score (nSPS) is 24.4. The third-order valence-corrected chi connectivity index (χ3v) is 4.20. The Morgan fingerprint density at radius 1 is 1.43 bits per heavy atom. The summed E-state index contributed by atoms with van der Waals surface area (Å²) in [5.74, 6) is -0.872. The van der Waals surface area contributed by atoms with Crippen molar-refractivity contribution in [2.45, 2.75) is 44.2 Å². The summed E-state index contributed by atoms with van der Waals surface area (Å²) in [5, 5.41) is 18.8. The van der Waals surface area contributed by atoms with E-state index in [1.807, 2.05) is 6.92 Å². The van der Waals surface area contributed by atoms with Crippen molar-refractivity contribution in [2.75, 3.05) is 19.8 Å². The average Bonchev–Trinajstić information content (AvgIpc) is 3.28. The Morgan fingerprint density at radius 3 is 2.91 bits per heavy atom. The molecule has 0 radical (unpaired) electrons. The highest BCUT2D eigenvalue weighted by molar-refractivity contribution is 5.97. The number of nitrogens with one attached hydrogen (secondary N) is 2. The predicted molar refractivity (Wildman–Crippen MR) is 79.4 cm³/mol. The molecule has 2 aliphatic rings. The molecule has 0 spiro atoms. The van der Waals surface area contributed by atoms with Crippen LogP contribution >= 0.6 is 0 Å². The zero-order valence-corrected chi connectivity index (χ0v) is 13.0. The molecule has 1 amide bonds. The first-order chi connectivity index (χ1) is 11.1. The van der Waals surface area contributed by atoms with Crippen molar-refractivity contribution in [1.82, 2.24) is 15.5 Å². The molecule has 1 aromatic heterocycles. The van der Waals surface area contributed by atoms with E-state index in [-0.39, 0.29) is 24.7 Å². The number of hydrogen-bond acceptors (Lipinski definition) is 5. The molecule has 1 aliphatic carbocycles. The molecule has 8 heteroatoms. The Hall–Kier alpha value is -1.93. The summed E-state index contributed by atoms with van der Waals surface area (Å²) in [5.41, 5.74) is 2.15. The fourth-order valence-corrected chi connectivity index (χ4v) is 2.86. The number of carbonyl (C=O) groups excluding carboxylic acids is 1. The molecule has 23 heavy (non-hydrogen) atoms. The molecule has 3 rings (SSSR count). The van der Waals surface area contributed by atoms with Gasteiger partial charge in [0.2, 0.25) is 0 Å². The molecule has 8 nitrogen and oxygen atoms in total. The zero-order chi connectivity index (χ0) is 16.4. The number of aliphatic carboxylic acids is 1. The average molecular weight is 323 g/mol. The Kier molecular flexibility index (Phi) is 4.63. The maximum absolute atomic E-state index is 12.6. The van der Waals surface area contributed by atoms with Crippen LogP contribution in [0.5, 0.6) is 0 Å². The fourth-order valence-electron chi connectivity index (χ4n) is 2.86. The number of carboxylic acid groups (broad SMARTS) is 1. The molecule has 0 unspecified atom stereocenters. The van der Waals surface area contributed by atoms with Gasteiger partial charge in [0.05, 0.1) is 30.0 Å². The van der Waals surface area contributed by atoms with Crippen LogP contribution in [0, 0.1) is 6.92 Å². The molecule has 2 fully saturated rings. The maximum atomic E-state index is 12.6. The molecule has 3 N–H and O–H groups in total. The van der Waals surface area contributed by atoms with Crippen LogP contribution in [-0.4, -0.2) is 59.1 Å². The van der Waals surface area contributed by atoms with Crippen LogP contribution in [0.1, 0.15) is 46.9 Å². The number of ether oxygens (including phenoxy) is 2. The summed E-state index contributed by atoms with van der Waals surface area (Å²) in [4.78, 5) is 23.3. The van der Waals surface area contributed by atoms with E-state index in [1.54, 1.807) is 0 Å². The minimum absolute atomic E-state index is 0.211. The lowest BCUT2D eigenvalue weighted by atomic mass is 10.0. The van der Waals surface area contributed by atoms with Crippen molar-refractivity contribution in [2.24, 2.45) is 0 Å². The number of H-pyrrole nitrogens is 1. The molecule has 1 aliphatic heterocycles. The number of aryl methyl sites for hydroxylation is 1. The quantitative estimate of drug-likeness (QED) is 0.706. The lowest BCUT2D eigenvalue weighted by Crippen LogP contribution is -2.51. The van der Waals surface area contributed by atoms with Crippen LogP contribution < -0.4 is 5.32 Å². The molecule has 126 valence electrons. The molecule has 2 atom stereocenters. The van der Waals surface area contributed by atoms with Crippen molar-refractivity contribution < 1.29 is 24.2 Å². The van der Waals surface area contributed by atoms with Gasteiger partial charge in [0.1, 0.15) is 6.61 Å². The minimum Gasteiger partial charge on any atom is -0.480 e. The van der Waals surface area contributed by atoms with Gasteiger partial charge >= 0.3 is 5.97 Å². The second-order valence-electron chi connectivity index (χ2n) is 6.07. The Bertz CT molecular complexity index is 596. The van der Waals surface area contributed by atoms with Gasteiger partial charge in [-0.2, -0.15) is 5.10 Å². The van der Waals surface area contributed by atoms with E-state index in [0.717, 1.165) is 24.2 Å². The summed E-state index contributed by atoms with van der Waals surface area (Å²) >= 11 is 0. The summed E-state index contributed by atoms with van der Waals surface area (Å²) < 4.78 is 10.8. The van der Waals surface area contributed by atoms with E-state index in [0.29, 0.717) is 31.1 Å². The van der Waals surface area contributed by atoms with Gasteiger partial charge < -0.3 is 19.9 Å². The third-order valence-electron chi connectivity index (χ3n) is 4.20. The van der Waals surface area contributed by atoms with Crippen molar-refractivity contribution in [3.05, 3.63) is 17.0 Å². The number of carboxylic acids is 1. The third kappa shape index (κ3) is 3.70. The van der Waals surface area contributed by atoms with Gasteiger partial charge in [0.15, 0.2) is 0 Å². The Morgan fingerprint density at radius 2 is 2.22 bits per heavy atom. The highest BCUT2D eigenvalue weighted by Crippen LogP contribution is 2.41. The van der Waals surface area contributed by atoms with E-state index < -0.39 is 5.97 Å². The number of amides is 1. The molecule has 1 aromatic rings. The van der Waals surface area contributed by atoms with Crippen molar-refractivity contribution in [3.63, 3.8) is 0 Å². The van der Waals surface area contributed by atoms with Gasteiger partial charge in [-0.15, -0.1) is 0 Å². The topological polar surface area (TPSA) is 114 Å². The van der Waals surface area contributed by atoms with Crippen LogP contribution in [-0.2, 0) is 14.3 Å². The van der Waals surface area contributed by atoms with Crippen LogP contribution in [0.2, 0.25) is 0 Å². The molecule has 1 saturated carbocycles. The number of rotatable bonds is 6. The number of hydrogen-bond donors (Lipinski definition) is 3. The first-order valence-electron chi connectivity index (χ1n) is 7.83. The second-order valence-corrected chi connectivity index (χ2v) is 6.07. The number of aromatic nitrogens is 2. The van der Waals surface area contributed by atoms with Crippen molar-refractivity contribution in [1.29, 1.82) is 0 Å². The van der Waals surface area contributed by atoms with E-state index in [2.05, 4.69) is 15.5 Å². The summed E-state index contributed by atoms with van der Waals surface area (Å²) in [6, 6.07) is -0.364. The van der Waals surface area contributed by atoms with Crippen LogP contribution in [0.3, 0.4) is 0 Å². The summed E-state index contributed by atoms with van der Waals surface area (Å²) in [6.07, 6.45) is 2.31. The first kappa shape index (κ1) is 15.9. The highest BCUT2D eigenvalue weighted by atomic mass is 16.5. The number of aromatic amines is 1. The second kappa shape index (κ2) is 6.67. The van der Waals surface area contributed by atoms with Crippen LogP contribution in [0.25, 0.3) is 0 Å². The maximum Gasteiger partial charge on any atom is 0.329 e. The summed E-state index contributed by atoms with van der Waals surface area (Å²) in [7, 11) is 0. The van der Waals surface area contributed by atoms with Crippen molar-refractivity contribution >= 4 is 11.9 Å². The molecular weight excluding hydrogens is 302 g/mol. The van der Waals surface area contributed by atoms with Crippen molar-refractivity contribution in [3.8, 4) is 0 Å². The standard InChI is InChI=1S/C15H21N3O5/c1-8-13(14(18-17-8)9-2-3-9)15(21)16-10-6-22-5-4-11(10)23-7-12(19)20/h9-11H,2-7H2,1H3,(H,16,21)(H,17,18)(H,19,20)/t10-,11+/m1/s1. The van der Waals surface area contributed by atoms with Gasteiger partial charge in [0, 0.05) is 18.2 Å². The minimum atomic E-state index is -1.02. The largest absolute Gasteiger partial charge is 0.480 e. The van der Waals surface area contributed by atoms with Gasteiger partial charge in [-0.25, -0.2) is 4.79 Å². The highest BCUT2D eigenvalue weighted by Gasteiger charge is 2.34. The Labute approximate surface area is 133 Å². The fraction of sp³-hybridized carbons (Fsp3) is 0.667. The molecule has 2 heterocycles. The van der Waals surface area contributed by atoms with Crippen LogP contribution in [0.4, 0.5) is 0 Å². The number of nitrogens with zero attached hydrogens (tertiary/aromatic N) is 1. The van der Waals surface area contributed by atoms with Crippen LogP contribution in [0.15, 0.2) is 0 Å². The monoisotopic (exact) mass is 323 g/mol. The lowest BCUT2D eigenvalue weighted by Gasteiger charge is -2.31. The van der Waals surface area contributed by atoms with E-state index in [4.69, 9.17) is 14.6 Å². The number of carbonyl (C=O) groups is 2. The van der Waals surface area contributed by atoms with E-state index >= 15 is 0 Å². The molecule has 1 saturated heterocycles. The van der Waals surface area contributed by atoms with E-state index in [1.165, 1.54) is 0 Å². The lowest BCUT2D eigenvalue weighted by molar-refractivity contribution is -0.147. The Balaban J connectivity index is 1.68. The van der Waals surface area contributed by atoms with Gasteiger partial charge in [-0.1, -0.05) is 0 Å². The van der Waals surface area contributed by atoms with E-state index in [9.17, 15) is 9.59 Å².